The molecule has 0 saturated heterocycles. The topological polar surface area (TPSA) is 63.8 Å². The van der Waals surface area contributed by atoms with E-state index in [-0.39, 0.29) is 6.04 Å². The molecular weight excluding hydrogens is 252 g/mol. The van der Waals surface area contributed by atoms with Gasteiger partial charge in [0.2, 0.25) is 5.89 Å². The van der Waals surface area contributed by atoms with E-state index in [0.29, 0.717) is 11.7 Å². The Morgan fingerprint density at radius 1 is 1.20 bits per heavy atom. The van der Waals surface area contributed by atoms with E-state index in [1.807, 2.05) is 13.8 Å². The number of hydrogen-bond donors (Lipinski definition) is 1. The molecule has 0 aliphatic rings. The molecule has 0 amide bonds. The number of pyridine rings is 1. The Morgan fingerprint density at radius 2 is 1.95 bits per heavy atom. The summed E-state index contributed by atoms with van der Waals surface area (Å²) in [6.45, 7) is 11.0. The van der Waals surface area contributed by atoms with E-state index in [0.717, 1.165) is 24.4 Å². The van der Waals surface area contributed by atoms with Crippen molar-refractivity contribution in [1.82, 2.24) is 20.4 Å². The second-order valence-electron chi connectivity index (χ2n) is 5.24. The molecule has 2 aromatic heterocycles. The summed E-state index contributed by atoms with van der Waals surface area (Å²) < 4.78 is 5.10. The number of aryl methyl sites for hydroxylation is 4. The van der Waals surface area contributed by atoms with Crippen LogP contribution in [0.1, 0.15) is 47.2 Å². The van der Waals surface area contributed by atoms with Gasteiger partial charge in [-0.25, -0.2) is 0 Å². The van der Waals surface area contributed by atoms with Crippen molar-refractivity contribution in [2.45, 2.75) is 47.1 Å². The minimum Gasteiger partial charge on any atom is -0.339 e. The summed E-state index contributed by atoms with van der Waals surface area (Å²) in [4.78, 5) is 8.74. The highest BCUT2D eigenvalue weighted by Crippen LogP contribution is 2.21. The van der Waals surface area contributed by atoms with Crippen molar-refractivity contribution in [1.29, 1.82) is 0 Å². The number of nitrogens with one attached hydrogen (secondary N) is 1. The smallest absolute Gasteiger partial charge is 0.227 e. The van der Waals surface area contributed by atoms with Crippen molar-refractivity contribution in [3.8, 4) is 0 Å². The van der Waals surface area contributed by atoms with Gasteiger partial charge < -0.3 is 9.84 Å². The van der Waals surface area contributed by atoms with Crippen LogP contribution in [0, 0.1) is 27.7 Å². The van der Waals surface area contributed by atoms with Crippen LogP contribution in [-0.2, 0) is 6.42 Å². The van der Waals surface area contributed by atoms with E-state index in [2.05, 4.69) is 47.3 Å². The van der Waals surface area contributed by atoms with Crippen LogP contribution in [0.15, 0.2) is 10.6 Å². The third kappa shape index (κ3) is 3.42. The molecule has 2 heterocycles. The Labute approximate surface area is 119 Å². The summed E-state index contributed by atoms with van der Waals surface area (Å²) in [5, 5.41) is 7.28. The quantitative estimate of drug-likeness (QED) is 0.908. The maximum atomic E-state index is 5.10. The van der Waals surface area contributed by atoms with Crippen molar-refractivity contribution in [2.75, 3.05) is 6.54 Å². The largest absolute Gasteiger partial charge is 0.339 e. The molecule has 0 radical (unpaired) electrons. The zero-order valence-corrected chi connectivity index (χ0v) is 12.8. The van der Waals surface area contributed by atoms with Gasteiger partial charge in [-0.05, 0) is 51.8 Å². The van der Waals surface area contributed by atoms with Gasteiger partial charge in [-0.2, -0.15) is 4.98 Å². The highest BCUT2D eigenvalue weighted by molar-refractivity contribution is 5.33. The van der Waals surface area contributed by atoms with Gasteiger partial charge in [-0.1, -0.05) is 5.16 Å². The van der Waals surface area contributed by atoms with Gasteiger partial charge >= 0.3 is 0 Å². The molecule has 0 aromatic carbocycles. The lowest BCUT2D eigenvalue weighted by Crippen LogP contribution is -2.23. The van der Waals surface area contributed by atoms with E-state index in [1.165, 1.54) is 11.1 Å². The fourth-order valence-corrected chi connectivity index (χ4v) is 2.63. The molecule has 2 aromatic rings. The average Bonchev–Trinajstić information content (AvgIpc) is 2.73. The predicted molar refractivity (Wildman–Crippen MR) is 77.6 cm³/mol. The Kier molecular flexibility index (Phi) is 4.49. The Morgan fingerprint density at radius 3 is 2.55 bits per heavy atom. The molecule has 0 aliphatic carbocycles. The number of aromatic nitrogens is 3. The lowest BCUT2D eigenvalue weighted by atomic mass is 10.0. The molecule has 1 unspecified atom stereocenters. The van der Waals surface area contributed by atoms with Crippen LogP contribution in [0.3, 0.4) is 0 Å². The van der Waals surface area contributed by atoms with Crippen molar-refractivity contribution in [3.63, 3.8) is 0 Å². The molecule has 1 N–H and O–H groups in total. The second kappa shape index (κ2) is 6.13. The van der Waals surface area contributed by atoms with Crippen molar-refractivity contribution < 1.29 is 4.52 Å². The molecule has 1 atom stereocenters. The van der Waals surface area contributed by atoms with Crippen LogP contribution in [0.4, 0.5) is 0 Å². The van der Waals surface area contributed by atoms with E-state index >= 15 is 0 Å². The first-order valence-electron chi connectivity index (χ1n) is 6.94. The van der Waals surface area contributed by atoms with E-state index in [1.54, 1.807) is 0 Å². The second-order valence-corrected chi connectivity index (χ2v) is 5.24. The fraction of sp³-hybridized carbons (Fsp3) is 0.533. The lowest BCUT2D eigenvalue weighted by Gasteiger charge is -2.18. The summed E-state index contributed by atoms with van der Waals surface area (Å²) in [5.41, 5.74) is 4.72. The summed E-state index contributed by atoms with van der Waals surface area (Å²) in [5.74, 6) is 1.36. The molecule has 20 heavy (non-hydrogen) atoms. The molecule has 5 nitrogen and oxygen atoms in total. The van der Waals surface area contributed by atoms with Gasteiger partial charge in [-0.3, -0.25) is 4.98 Å². The van der Waals surface area contributed by atoms with Crippen LogP contribution in [-0.4, -0.2) is 21.7 Å². The molecule has 2 rings (SSSR count). The van der Waals surface area contributed by atoms with E-state index < -0.39 is 0 Å². The van der Waals surface area contributed by atoms with Crippen LogP contribution >= 0.6 is 0 Å². The first-order chi connectivity index (χ1) is 9.47. The summed E-state index contributed by atoms with van der Waals surface area (Å²) in [6.07, 6.45) is 0.739. The zero-order chi connectivity index (χ0) is 14.7. The first kappa shape index (κ1) is 14.7. The number of nitrogens with zero attached hydrogens (tertiary/aromatic N) is 3. The summed E-state index contributed by atoms with van der Waals surface area (Å²) >= 11 is 0. The maximum Gasteiger partial charge on any atom is 0.227 e. The van der Waals surface area contributed by atoms with Crippen molar-refractivity contribution in [2.24, 2.45) is 0 Å². The molecule has 0 saturated carbocycles. The monoisotopic (exact) mass is 274 g/mol. The summed E-state index contributed by atoms with van der Waals surface area (Å²) in [7, 11) is 0. The highest BCUT2D eigenvalue weighted by Gasteiger charge is 2.13. The minimum absolute atomic E-state index is 0.257. The first-order valence-corrected chi connectivity index (χ1v) is 6.94. The Hall–Kier alpha value is -1.75. The lowest BCUT2D eigenvalue weighted by molar-refractivity contribution is 0.370. The van der Waals surface area contributed by atoms with Crippen molar-refractivity contribution >= 4 is 0 Å². The number of rotatable bonds is 5. The average molecular weight is 274 g/mol. The predicted octanol–water partition coefficient (Wildman–Crippen LogP) is 2.59. The molecule has 5 heteroatoms. The molecule has 0 spiro atoms. The van der Waals surface area contributed by atoms with Gasteiger partial charge in [0.25, 0.3) is 0 Å². The van der Waals surface area contributed by atoms with Crippen molar-refractivity contribution in [3.05, 3.63) is 40.3 Å². The summed E-state index contributed by atoms with van der Waals surface area (Å²) in [6, 6.07) is 2.38. The third-order valence-corrected chi connectivity index (χ3v) is 3.38. The number of hydrogen-bond acceptors (Lipinski definition) is 5. The Bertz CT molecular complexity index is 568. The standard InChI is InChI=1S/C15H22N4O/c1-9-8-10(2)17-12(4)15(9)11(3)16-7-6-14-18-13(5)19-20-14/h8,11,16H,6-7H2,1-5H3. The van der Waals surface area contributed by atoms with Crippen LogP contribution in [0.5, 0.6) is 0 Å². The minimum atomic E-state index is 0.257. The molecule has 108 valence electrons. The molecule has 0 bridgehead atoms. The molecule has 0 aliphatic heterocycles. The SMILES string of the molecule is Cc1cc(C)c(C(C)NCCc2nc(C)no2)c(C)n1. The maximum absolute atomic E-state index is 5.10. The fourth-order valence-electron chi connectivity index (χ4n) is 2.63. The zero-order valence-electron chi connectivity index (χ0n) is 12.8. The van der Waals surface area contributed by atoms with Crippen LogP contribution in [0.25, 0.3) is 0 Å². The highest BCUT2D eigenvalue weighted by atomic mass is 16.5. The third-order valence-electron chi connectivity index (χ3n) is 3.38. The normalized spacial score (nSPS) is 12.7. The van der Waals surface area contributed by atoms with Gasteiger partial charge in [-0.15, -0.1) is 0 Å². The van der Waals surface area contributed by atoms with Gasteiger partial charge in [0, 0.05) is 30.4 Å². The molecule has 0 fully saturated rings. The van der Waals surface area contributed by atoms with E-state index in [4.69, 9.17) is 4.52 Å². The van der Waals surface area contributed by atoms with Crippen LogP contribution < -0.4 is 5.32 Å². The van der Waals surface area contributed by atoms with Gasteiger partial charge in [0.15, 0.2) is 5.82 Å². The van der Waals surface area contributed by atoms with E-state index in [9.17, 15) is 0 Å². The Balaban J connectivity index is 1.96. The molecular formula is C15H22N4O. The van der Waals surface area contributed by atoms with Gasteiger partial charge in [0.05, 0.1) is 0 Å². The van der Waals surface area contributed by atoms with Crippen LogP contribution in [0.2, 0.25) is 0 Å². The van der Waals surface area contributed by atoms with Gasteiger partial charge in [0.1, 0.15) is 0 Å².